The molecule has 126 valence electrons. The number of carboxylic acids is 1. The quantitative estimate of drug-likeness (QED) is 0.891. The zero-order valence-corrected chi connectivity index (χ0v) is 14.3. The van der Waals surface area contributed by atoms with E-state index in [1.54, 1.807) is 4.90 Å². The van der Waals surface area contributed by atoms with Gasteiger partial charge in [-0.05, 0) is 25.3 Å². The molecule has 0 saturated carbocycles. The minimum Gasteiger partial charge on any atom is -0.481 e. The number of carboxylic acid groups (broad SMARTS) is 1. The van der Waals surface area contributed by atoms with Crippen molar-refractivity contribution in [3.63, 3.8) is 0 Å². The average molecular weight is 341 g/mol. The first-order valence-corrected chi connectivity index (χ1v) is 8.00. The lowest BCUT2D eigenvalue weighted by Crippen LogP contribution is -2.40. The summed E-state index contributed by atoms with van der Waals surface area (Å²) in [6.07, 6.45) is 1.86. The second-order valence-electron chi connectivity index (χ2n) is 6.04. The van der Waals surface area contributed by atoms with Crippen LogP contribution in [-0.2, 0) is 4.79 Å². The Kier molecular flexibility index (Phi) is 5.14. The van der Waals surface area contributed by atoms with Crippen LogP contribution < -0.4 is 4.74 Å². The van der Waals surface area contributed by atoms with Gasteiger partial charge in [-0.1, -0.05) is 25.4 Å². The summed E-state index contributed by atoms with van der Waals surface area (Å²) in [7, 11) is 0. The van der Waals surface area contributed by atoms with Crippen molar-refractivity contribution >= 4 is 23.5 Å². The topological polar surface area (TPSA) is 79.7 Å². The number of ether oxygens (including phenoxy) is 1. The second-order valence-corrected chi connectivity index (χ2v) is 6.44. The minimum absolute atomic E-state index is 0.0557. The maximum Gasteiger partial charge on any atom is 0.311 e. The highest BCUT2D eigenvalue weighted by molar-refractivity contribution is 6.32. The van der Waals surface area contributed by atoms with Crippen LogP contribution in [0.3, 0.4) is 0 Å². The van der Waals surface area contributed by atoms with Crippen molar-refractivity contribution in [3.05, 3.63) is 22.8 Å². The van der Waals surface area contributed by atoms with Crippen LogP contribution in [0.15, 0.2) is 12.3 Å². The summed E-state index contributed by atoms with van der Waals surface area (Å²) in [5.41, 5.74) is -0.554. The monoisotopic (exact) mass is 340 g/mol. The molecule has 1 aliphatic rings. The number of carbonyl (C=O) groups is 2. The SMILES string of the molecule is CCOc1ncc(C(=O)N2CCC(C(=O)O)(C(C)C)C2)cc1Cl. The molecule has 1 aromatic heterocycles. The molecule has 1 saturated heterocycles. The van der Waals surface area contributed by atoms with Gasteiger partial charge in [-0.2, -0.15) is 0 Å². The van der Waals surface area contributed by atoms with Gasteiger partial charge >= 0.3 is 5.97 Å². The lowest BCUT2D eigenvalue weighted by molar-refractivity contribution is -0.150. The molecule has 6 nitrogen and oxygen atoms in total. The fourth-order valence-electron chi connectivity index (χ4n) is 2.87. The van der Waals surface area contributed by atoms with Gasteiger partial charge in [-0.15, -0.1) is 0 Å². The van der Waals surface area contributed by atoms with Crippen molar-refractivity contribution in [1.82, 2.24) is 9.88 Å². The van der Waals surface area contributed by atoms with E-state index in [0.29, 0.717) is 25.1 Å². The second kappa shape index (κ2) is 6.74. The fraction of sp³-hybridized carbons (Fsp3) is 0.562. The van der Waals surface area contributed by atoms with E-state index >= 15 is 0 Å². The van der Waals surface area contributed by atoms with E-state index < -0.39 is 11.4 Å². The van der Waals surface area contributed by atoms with Crippen molar-refractivity contribution in [2.75, 3.05) is 19.7 Å². The lowest BCUT2D eigenvalue weighted by Gasteiger charge is -2.28. The third-order valence-corrected chi connectivity index (χ3v) is 4.73. The van der Waals surface area contributed by atoms with Crippen molar-refractivity contribution in [2.24, 2.45) is 11.3 Å². The molecule has 2 heterocycles. The number of amides is 1. The van der Waals surface area contributed by atoms with Gasteiger partial charge in [-0.3, -0.25) is 9.59 Å². The van der Waals surface area contributed by atoms with Crippen molar-refractivity contribution in [2.45, 2.75) is 27.2 Å². The number of carbonyl (C=O) groups excluding carboxylic acids is 1. The van der Waals surface area contributed by atoms with E-state index in [1.165, 1.54) is 12.3 Å². The van der Waals surface area contributed by atoms with Crippen LogP contribution in [0.1, 0.15) is 37.6 Å². The van der Waals surface area contributed by atoms with Crippen LogP contribution in [-0.4, -0.2) is 46.6 Å². The molecule has 0 spiro atoms. The normalized spacial score (nSPS) is 20.8. The van der Waals surface area contributed by atoms with Gasteiger partial charge in [0.15, 0.2) is 0 Å². The van der Waals surface area contributed by atoms with Gasteiger partial charge < -0.3 is 14.7 Å². The number of rotatable bonds is 5. The van der Waals surface area contributed by atoms with Crippen LogP contribution in [0, 0.1) is 11.3 Å². The first kappa shape index (κ1) is 17.5. The number of nitrogens with zero attached hydrogens (tertiary/aromatic N) is 2. The number of aliphatic carboxylic acids is 1. The van der Waals surface area contributed by atoms with Crippen LogP contribution in [0.2, 0.25) is 5.02 Å². The lowest BCUT2D eigenvalue weighted by atomic mass is 9.76. The zero-order chi connectivity index (χ0) is 17.2. The molecule has 0 aliphatic carbocycles. The largest absolute Gasteiger partial charge is 0.481 e. The number of halogens is 1. The number of likely N-dealkylation sites (tertiary alicyclic amines) is 1. The Morgan fingerprint density at radius 2 is 2.22 bits per heavy atom. The summed E-state index contributed by atoms with van der Waals surface area (Å²) in [6.45, 7) is 6.60. The predicted molar refractivity (Wildman–Crippen MR) is 85.8 cm³/mol. The number of hydrogen-bond donors (Lipinski definition) is 1. The van der Waals surface area contributed by atoms with E-state index in [9.17, 15) is 14.7 Å². The molecule has 0 aromatic carbocycles. The van der Waals surface area contributed by atoms with E-state index in [1.807, 2.05) is 20.8 Å². The van der Waals surface area contributed by atoms with Gasteiger partial charge in [0.25, 0.3) is 5.91 Å². The Bertz CT molecular complexity index is 620. The summed E-state index contributed by atoms with van der Waals surface area (Å²) in [6, 6.07) is 1.51. The molecule has 1 aromatic rings. The highest BCUT2D eigenvalue weighted by atomic mass is 35.5. The zero-order valence-electron chi connectivity index (χ0n) is 13.5. The number of aromatic nitrogens is 1. The number of hydrogen-bond acceptors (Lipinski definition) is 4. The Balaban J connectivity index is 2.19. The summed E-state index contributed by atoms with van der Waals surface area (Å²) in [5.74, 6) is -0.883. The van der Waals surface area contributed by atoms with Gasteiger partial charge in [0.05, 0.1) is 17.6 Å². The summed E-state index contributed by atoms with van der Waals surface area (Å²) in [4.78, 5) is 29.9. The Labute approximate surface area is 140 Å². The van der Waals surface area contributed by atoms with Gasteiger partial charge in [0.1, 0.15) is 5.02 Å². The highest BCUT2D eigenvalue weighted by Gasteiger charge is 2.48. The predicted octanol–water partition coefficient (Wildman–Crippen LogP) is 2.71. The molecular formula is C16H21ClN2O4. The number of pyridine rings is 1. The first-order valence-electron chi connectivity index (χ1n) is 7.63. The smallest absolute Gasteiger partial charge is 0.311 e. The summed E-state index contributed by atoms with van der Waals surface area (Å²) < 4.78 is 5.25. The minimum atomic E-state index is -0.891. The van der Waals surface area contributed by atoms with Crippen LogP contribution in [0.4, 0.5) is 0 Å². The van der Waals surface area contributed by atoms with Crippen molar-refractivity contribution in [1.29, 1.82) is 0 Å². The third-order valence-electron chi connectivity index (χ3n) is 4.45. The van der Waals surface area contributed by atoms with Gasteiger partial charge in [0.2, 0.25) is 5.88 Å². The molecular weight excluding hydrogens is 320 g/mol. The molecule has 2 rings (SSSR count). The average Bonchev–Trinajstić information content (AvgIpc) is 2.95. The standard InChI is InChI=1S/C16H21ClN2O4/c1-4-23-13-12(17)7-11(8-18-13)14(20)19-6-5-16(9-19,10(2)3)15(21)22/h7-8,10H,4-6,9H2,1-3H3,(H,21,22). The van der Waals surface area contributed by atoms with E-state index in [0.717, 1.165) is 0 Å². The molecule has 0 radical (unpaired) electrons. The van der Waals surface area contributed by atoms with Crippen LogP contribution >= 0.6 is 11.6 Å². The van der Waals surface area contributed by atoms with E-state index in [-0.39, 0.29) is 29.3 Å². The fourth-order valence-corrected chi connectivity index (χ4v) is 3.09. The molecule has 1 atom stereocenters. The molecule has 0 bridgehead atoms. The Hall–Kier alpha value is -1.82. The summed E-state index contributed by atoms with van der Waals surface area (Å²) in [5, 5.41) is 9.82. The van der Waals surface area contributed by atoms with E-state index in [2.05, 4.69) is 4.98 Å². The Morgan fingerprint density at radius 3 is 2.70 bits per heavy atom. The van der Waals surface area contributed by atoms with E-state index in [4.69, 9.17) is 16.3 Å². The van der Waals surface area contributed by atoms with Crippen molar-refractivity contribution < 1.29 is 19.4 Å². The molecule has 7 heteroatoms. The maximum atomic E-state index is 12.6. The van der Waals surface area contributed by atoms with Crippen LogP contribution in [0.25, 0.3) is 0 Å². The molecule has 1 aliphatic heterocycles. The molecule has 1 fully saturated rings. The molecule has 1 N–H and O–H groups in total. The first-order chi connectivity index (χ1) is 10.8. The van der Waals surface area contributed by atoms with Crippen LogP contribution in [0.5, 0.6) is 5.88 Å². The maximum absolute atomic E-state index is 12.6. The molecule has 1 unspecified atom stereocenters. The highest BCUT2D eigenvalue weighted by Crippen LogP contribution is 2.38. The van der Waals surface area contributed by atoms with Crippen molar-refractivity contribution in [3.8, 4) is 5.88 Å². The third kappa shape index (κ3) is 3.27. The molecule has 23 heavy (non-hydrogen) atoms. The Morgan fingerprint density at radius 1 is 1.52 bits per heavy atom. The van der Waals surface area contributed by atoms with Gasteiger partial charge in [0, 0.05) is 19.3 Å². The van der Waals surface area contributed by atoms with Gasteiger partial charge in [-0.25, -0.2) is 4.98 Å². The molecule has 1 amide bonds. The summed E-state index contributed by atoms with van der Waals surface area (Å²) >= 11 is 6.06.